The Morgan fingerprint density at radius 2 is 2.15 bits per heavy atom. The normalized spacial score (nSPS) is 22.2. The average Bonchev–Trinajstić information content (AvgIpc) is 2.72. The fraction of sp³-hybridized carbons (Fsp3) is 0.500. The summed E-state index contributed by atoms with van der Waals surface area (Å²) < 4.78 is 34.6. The number of nitrogens with zero attached hydrogens (tertiary/aromatic N) is 2. The molecule has 2 aromatic rings. The fourth-order valence-electron chi connectivity index (χ4n) is 2.79. The number of halogens is 3. The van der Waals surface area contributed by atoms with E-state index in [0.717, 1.165) is 18.9 Å². The smallest absolute Gasteiger partial charge is 0.153 e. The quantitative estimate of drug-likeness (QED) is 0.803. The summed E-state index contributed by atoms with van der Waals surface area (Å²) in [5.74, 6) is -0.499. The highest BCUT2D eigenvalue weighted by atomic mass is 35.5. The van der Waals surface area contributed by atoms with E-state index in [2.05, 4.69) is 4.98 Å². The molecule has 108 valence electrons. The summed E-state index contributed by atoms with van der Waals surface area (Å²) in [6, 6.07) is 2.31. The Labute approximate surface area is 120 Å². The van der Waals surface area contributed by atoms with Crippen molar-refractivity contribution in [1.29, 1.82) is 0 Å². The fourth-order valence-corrected chi connectivity index (χ4v) is 2.98. The van der Waals surface area contributed by atoms with Crippen LogP contribution >= 0.6 is 11.6 Å². The number of aromatic nitrogens is 2. The number of hydrogen-bond donors (Lipinski definition) is 0. The van der Waals surface area contributed by atoms with Gasteiger partial charge in [-0.25, -0.2) is 13.8 Å². The lowest BCUT2D eigenvalue weighted by Crippen LogP contribution is -2.34. The molecule has 1 aromatic carbocycles. The summed E-state index contributed by atoms with van der Waals surface area (Å²) >= 11 is 5.89. The monoisotopic (exact) mass is 300 g/mol. The number of ether oxygens (including phenoxy) is 1. The molecule has 0 N–H and O–H groups in total. The minimum absolute atomic E-state index is 0.145. The SMILES string of the molecule is CCOC1CC(n2c(CCl)nc3c(F)cc(F)cc32)C1. The van der Waals surface area contributed by atoms with Gasteiger partial charge in [-0.3, -0.25) is 0 Å². The maximum absolute atomic E-state index is 13.8. The molecular weight excluding hydrogens is 286 g/mol. The van der Waals surface area contributed by atoms with Gasteiger partial charge in [0.15, 0.2) is 5.82 Å². The molecule has 0 bridgehead atoms. The van der Waals surface area contributed by atoms with Crippen LogP contribution in [0.4, 0.5) is 8.78 Å². The van der Waals surface area contributed by atoms with Gasteiger partial charge in [0.25, 0.3) is 0 Å². The summed E-state index contributed by atoms with van der Waals surface area (Å²) in [5, 5.41) is 0. The molecule has 1 aromatic heterocycles. The van der Waals surface area contributed by atoms with Crippen LogP contribution in [0.1, 0.15) is 31.6 Å². The number of alkyl halides is 1. The second-order valence-corrected chi connectivity index (χ2v) is 5.26. The molecule has 1 heterocycles. The van der Waals surface area contributed by atoms with Crippen LogP contribution in [-0.2, 0) is 10.6 Å². The molecule has 0 unspecified atom stereocenters. The number of hydrogen-bond acceptors (Lipinski definition) is 2. The minimum atomic E-state index is -0.647. The molecule has 0 saturated heterocycles. The summed E-state index contributed by atoms with van der Waals surface area (Å²) in [5.41, 5.74) is 0.653. The first-order valence-corrected chi connectivity index (χ1v) is 7.21. The molecule has 3 rings (SSSR count). The highest BCUT2D eigenvalue weighted by molar-refractivity contribution is 6.16. The summed E-state index contributed by atoms with van der Waals surface area (Å²) in [4.78, 5) is 4.19. The topological polar surface area (TPSA) is 27.1 Å². The number of imidazole rings is 1. The van der Waals surface area contributed by atoms with Crippen molar-refractivity contribution in [2.75, 3.05) is 6.61 Å². The van der Waals surface area contributed by atoms with Gasteiger partial charge in [-0.05, 0) is 25.8 Å². The molecule has 6 heteroatoms. The van der Waals surface area contributed by atoms with E-state index in [1.165, 1.54) is 6.07 Å². The lowest BCUT2D eigenvalue weighted by atomic mass is 9.88. The van der Waals surface area contributed by atoms with Gasteiger partial charge in [-0.2, -0.15) is 0 Å². The largest absolute Gasteiger partial charge is 0.378 e. The molecule has 20 heavy (non-hydrogen) atoms. The highest BCUT2D eigenvalue weighted by Crippen LogP contribution is 2.38. The van der Waals surface area contributed by atoms with E-state index >= 15 is 0 Å². The van der Waals surface area contributed by atoms with Crippen molar-refractivity contribution in [2.24, 2.45) is 0 Å². The lowest BCUT2D eigenvalue weighted by molar-refractivity contribution is -0.0192. The van der Waals surface area contributed by atoms with Crippen molar-refractivity contribution < 1.29 is 13.5 Å². The first-order chi connectivity index (χ1) is 9.63. The van der Waals surface area contributed by atoms with Gasteiger partial charge in [0.1, 0.15) is 17.2 Å². The van der Waals surface area contributed by atoms with E-state index in [9.17, 15) is 8.78 Å². The molecule has 1 aliphatic carbocycles. The van der Waals surface area contributed by atoms with E-state index in [4.69, 9.17) is 16.3 Å². The van der Waals surface area contributed by atoms with E-state index in [1.54, 1.807) is 0 Å². The van der Waals surface area contributed by atoms with Gasteiger partial charge in [0.2, 0.25) is 0 Å². The van der Waals surface area contributed by atoms with Crippen LogP contribution < -0.4 is 0 Å². The van der Waals surface area contributed by atoms with Gasteiger partial charge in [-0.1, -0.05) is 0 Å². The molecule has 0 radical (unpaired) electrons. The Balaban J connectivity index is 2.01. The van der Waals surface area contributed by atoms with Gasteiger partial charge in [-0.15, -0.1) is 11.6 Å². The Bertz CT molecular complexity index is 638. The zero-order valence-corrected chi connectivity index (χ0v) is 11.8. The highest BCUT2D eigenvalue weighted by Gasteiger charge is 2.33. The number of benzene rings is 1. The van der Waals surface area contributed by atoms with Gasteiger partial charge in [0, 0.05) is 18.7 Å². The van der Waals surface area contributed by atoms with Gasteiger partial charge in [0.05, 0.1) is 17.5 Å². The van der Waals surface area contributed by atoms with Crippen LogP contribution in [0.25, 0.3) is 11.0 Å². The zero-order valence-electron chi connectivity index (χ0n) is 11.1. The molecule has 1 aliphatic rings. The molecule has 0 atom stereocenters. The van der Waals surface area contributed by atoms with Crippen LogP contribution in [0.3, 0.4) is 0 Å². The summed E-state index contributed by atoms with van der Waals surface area (Å²) in [6.45, 7) is 2.63. The van der Waals surface area contributed by atoms with Crippen LogP contribution in [0.15, 0.2) is 12.1 Å². The molecule has 0 spiro atoms. The maximum Gasteiger partial charge on any atom is 0.153 e. The second-order valence-electron chi connectivity index (χ2n) is 4.99. The van der Waals surface area contributed by atoms with E-state index < -0.39 is 11.6 Å². The van der Waals surface area contributed by atoms with E-state index in [0.29, 0.717) is 17.9 Å². The molecular formula is C14H15ClF2N2O. The van der Waals surface area contributed by atoms with Crippen molar-refractivity contribution >= 4 is 22.6 Å². The van der Waals surface area contributed by atoms with E-state index in [-0.39, 0.29) is 23.5 Å². The van der Waals surface area contributed by atoms with Crippen molar-refractivity contribution in [1.82, 2.24) is 9.55 Å². The number of fused-ring (bicyclic) bond motifs is 1. The molecule has 0 amide bonds. The third-order valence-electron chi connectivity index (χ3n) is 3.74. The molecule has 3 nitrogen and oxygen atoms in total. The van der Waals surface area contributed by atoms with Gasteiger partial charge < -0.3 is 9.30 Å². The Morgan fingerprint density at radius 3 is 2.80 bits per heavy atom. The third-order valence-corrected chi connectivity index (χ3v) is 3.98. The van der Waals surface area contributed by atoms with Crippen LogP contribution in [0.2, 0.25) is 0 Å². The first kappa shape index (κ1) is 13.8. The van der Waals surface area contributed by atoms with Crippen molar-refractivity contribution in [3.8, 4) is 0 Å². The Morgan fingerprint density at radius 1 is 1.40 bits per heavy atom. The second kappa shape index (κ2) is 5.30. The third kappa shape index (κ3) is 2.19. The maximum atomic E-state index is 13.8. The van der Waals surface area contributed by atoms with Crippen LogP contribution in [-0.4, -0.2) is 22.3 Å². The standard InChI is InChI=1S/C14H15ClF2N2O/c1-2-20-10-5-9(6-10)19-12-4-8(16)3-11(17)14(12)18-13(19)7-15/h3-4,9-10H,2,5-7H2,1H3. The average molecular weight is 301 g/mol. The Hall–Kier alpha value is -1.20. The van der Waals surface area contributed by atoms with Gasteiger partial charge >= 0.3 is 0 Å². The summed E-state index contributed by atoms with van der Waals surface area (Å²) in [7, 11) is 0. The first-order valence-electron chi connectivity index (χ1n) is 6.67. The van der Waals surface area contributed by atoms with Crippen molar-refractivity contribution in [3.63, 3.8) is 0 Å². The van der Waals surface area contributed by atoms with E-state index in [1.807, 2.05) is 11.5 Å². The molecule has 0 aliphatic heterocycles. The Kier molecular flexibility index (Phi) is 3.65. The lowest BCUT2D eigenvalue weighted by Gasteiger charge is -2.36. The molecule has 1 fully saturated rings. The van der Waals surface area contributed by atoms with Crippen molar-refractivity contribution in [3.05, 3.63) is 29.6 Å². The minimum Gasteiger partial charge on any atom is -0.378 e. The van der Waals surface area contributed by atoms with Crippen molar-refractivity contribution in [2.45, 2.75) is 37.8 Å². The molecule has 1 saturated carbocycles. The van der Waals surface area contributed by atoms with Crippen LogP contribution in [0, 0.1) is 11.6 Å². The predicted octanol–water partition coefficient (Wildman–Crippen LogP) is 3.79. The predicted molar refractivity (Wildman–Crippen MR) is 72.9 cm³/mol. The van der Waals surface area contributed by atoms with Crippen LogP contribution in [0.5, 0.6) is 0 Å². The number of rotatable bonds is 4. The summed E-state index contributed by atoms with van der Waals surface area (Å²) in [6.07, 6.45) is 1.85. The zero-order chi connectivity index (χ0) is 14.3.